The second-order valence-corrected chi connectivity index (χ2v) is 13.6. The Morgan fingerprint density at radius 2 is 1.67 bits per heavy atom. The number of carbonyl (C=O) groups excluding carboxylic acids is 3. The number of tetrazole rings is 1. The van der Waals surface area contributed by atoms with Gasteiger partial charge in [0.2, 0.25) is 5.91 Å². The van der Waals surface area contributed by atoms with E-state index in [1.54, 1.807) is 4.90 Å². The maximum Gasteiger partial charge on any atom is 0.410 e. The van der Waals surface area contributed by atoms with Crippen LogP contribution in [0.25, 0.3) is 11.8 Å². The van der Waals surface area contributed by atoms with Gasteiger partial charge in [0.15, 0.2) is 5.82 Å². The molecule has 0 bridgehead atoms. The van der Waals surface area contributed by atoms with E-state index in [0.29, 0.717) is 43.6 Å². The fourth-order valence-electron chi connectivity index (χ4n) is 7.13. The third-order valence-corrected chi connectivity index (χ3v) is 10.2. The SMILES string of the molecule is O=C(O)c1ccc(NC(=O)C2c3cccc(C4CCN(C(=O)OCc5ccccc5)CC4)c3CCN2C(=O)C=Cc2c(-n3cnnn3)ccc(Cl)c2F)cc1. The van der Waals surface area contributed by atoms with Gasteiger partial charge in [-0.25, -0.2) is 14.0 Å². The number of piperidine rings is 1. The number of ether oxygens (including phenoxy) is 1. The van der Waals surface area contributed by atoms with E-state index in [1.165, 1.54) is 64.5 Å². The van der Waals surface area contributed by atoms with Crippen molar-refractivity contribution in [2.45, 2.75) is 37.8 Å². The summed E-state index contributed by atoms with van der Waals surface area (Å²) in [6.45, 7) is 1.37. The van der Waals surface area contributed by atoms with Gasteiger partial charge in [0.1, 0.15) is 19.0 Å². The average Bonchev–Trinajstić information content (AvgIpc) is 3.75. The van der Waals surface area contributed by atoms with Crippen molar-refractivity contribution in [2.75, 3.05) is 25.0 Å². The zero-order valence-corrected chi connectivity index (χ0v) is 30.1. The van der Waals surface area contributed by atoms with E-state index in [-0.39, 0.29) is 47.0 Å². The van der Waals surface area contributed by atoms with Gasteiger partial charge < -0.3 is 25.0 Å². The van der Waals surface area contributed by atoms with Crippen molar-refractivity contribution < 1.29 is 33.4 Å². The number of benzene rings is 4. The number of hydrogen-bond acceptors (Lipinski definition) is 8. The van der Waals surface area contributed by atoms with Crippen molar-refractivity contribution >= 4 is 47.2 Å². The standard InChI is InChI=1S/C40H35ClFN7O6/c41-33-14-15-34(49-24-43-45-46-49)32(36(33)42)13-16-35(50)48-22-19-30-29(26-17-20-47(21-18-26)40(54)55-23-25-5-2-1-3-6-25)7-4-8-31(30)37(48)38(51)44-28-11-9-27(10-12-28)39(52)53/h1-16,24,26,37H,17-23H2,(H,44,51)(H,52,53). The highest BCUT2D eigenvalue weighted by Gasteiger charge is 2.38. The van der Waals surface area contributed by atoms with E-state index in [1.807, 2.05) is 48.5 Å². The van der Waals surface area contributed by atoms with Crippen LogP contribution in [0.5, 0.6) is 0 Å². The van der Waals surface area contributed by atoms with Crippen LogP contribution in [-0.2, 0) is 27.4 Å². The van der Waals surface area contributed by atoms with Crippen molar-refractivity contribution in [1.82, 2.24) is 30.0 Å². The van der Waals surface area contributed by atoms with Crippen LogP contribution in [0.2, 0.25) is 5.02 Å². The van der Waals surface area contributed by atoms with Crippen LogP contribution >= 0.6 is 11.6 Å². The third kappa shape index (κ3) is 8.09. The molecule has 0 saturated carbocycles. The number of hydrogen-bond donors (Lipinski definition) is 2. The Morgan fingerprint density at radius 3 is 2.38 bits per heavy atom. The van der Waals surface area contributed by atoms with Crippen LogP contribution in [-0.4, -0.2) is 78.6 Å². The average molecular weight is 764 g/mol. The van der Waals surface area contributed by atoms with Gasteiger partial charge in [0.25, 0.3) is 5.91 Å². The van der Waals surface area contributed by atoms with Crippen molar-refractivity contribution in [3.05, 3.63) is 142 Å². The molecule has 0 spiro atoms. The number of fused-ring (bicyclic) bond motifs is 1. The van der Waals surface area contributed by atoms with Crippen LogP contribution in [0.3, 0.4) is 0 Å². The summed E-state index contributed by atoms with van der Waals surface area (Å²) in [6, 6.07) is 22.7. The summed E-state index contributed by atoms with van der Waals surface area (Å²) in [5.74, 6) is -2.85. The molecule has 5 aromatic rings. The van der Waals surface area contributed by atoms with Crippen LogP contribution < -0.4 is 5.32 Å². The molecule has 280 valence electrons. The summed E-state index contributed by atoms with van der Waals surface area (Å²) in [6.07, 6.45) is 5.20. The number of carboxylic acids is 1. The lowest BCUT2D eigenvalue weighted by molar-refractivity contribution is -0.135. The predicted molar refractivity (Wildman–Crippen MR) is 200 cm³/mol. The van der Waals surface area contributed by atoms with Gasteiger partial charge in [-0.1, -0.05) is 60.1 Å². The summed E-state index contributed by atoms with van der Waals surface area (Å²) < 4.78 is 22.2. The quantitative estimate of drug-likeness (QED) is 0.161. The minimum atomic E-state index is -1.11. The molecule has 2 N–H and O–H groups in total. The summed E-state index contributed by atoms with van der Waals surface area (Å²) >= 11 is 6.10. The number of carbonyl (C=O) groups is 4. The summed E-state index contributed by atoms with van der Waals surface area (Å²) in [7, 11) is 0. The summed E-state index contributed by atoms with van der Waals surface area (Å²) in [5.41, 5.74) is 4.17. The molecule has 1 unspecified atom stereocenters. The summed E-state index contributed by atoms with van der Waals surface area (Å²) in [4.78, 5) is 55.7. The fourth-order valence-corrected chi connectivity index (χ4v) is 7.29. The number of nitrogens with zero attached hydrogens (tertiary/aromatic N) is 6. The normalized spacial score (nSPS) is 15.8. The molecule has 1 saturated heterocycles. The zero-order valence-electron chi connectivity index (χ0n) is 29.3. The van der Waals surface area contributed by atoms with E-state index < -0.39 is 29.6 Å². The maximum atomic E-state index is 15.3. The van der Waals surface area contributed by atoms with Crippen LogP contribution in [0.1, 0.15) is 63.0 Å². The minimum Gasteiger partial charge on any atom is -0.478 e. The first-order chi connectivity index (χ1) is 26.7. The van der Waals surface area contributed by atoms with Crippen molar-refractivity contribution in [3.63, 3.8) is 0 Å². The Bertz CT molecular complexity index is 2240. The lowest BCUT2D eigenvalue weighted by Gasteiger charge is -2.38. The highest BCUT2D eigenvalue weighted by Crippen LogP contribution is 2.39. The van der Waals surface area contributed by atoms with Gasteiger partial charge in [-0.15, -0.1) is 5.10 Å². The molecule has 2 aliphatic rings. The number of likely N-dealkylation sites (tertiary alicyclic amines) is 1. The highest BCUT2D eigenvalue weighted by atomic mass is 35.5. The van der Waals surface area contributed by atoms with Crippen molar-refractivity contribution in [3.8, 4) is 5.69 Å². The van der Waals surface area contributed by atoms with Crippen molar-refractivity contribution in [2.24, 2.45) is 0 Å². The predicted octanol–water partition coefficient (Wildman–Crippen LogP) is 6.45. The minimum absolute atomic E-state index is 0.0253. The first-order valence-electron chi connectivity index (χ1n) is 17.6. The van der Waals surface area contributed by atoms with E-state index >= 15 is 4.39 Å². The first kappa shape index (κ1) is 36.9. The molecule has 1 fully saturated rings. The smallest absolute Gasteiger partial charge is 0.410 e. The number of anilines is 1. The Kier molecular flexibility index (Phi) is 10.9. The van der Waals surface area contributed by atoms with Gasteiger partial charge in [-0.3, -0.25) is 9.59 Å². The number of halogens is 2. The molecule has 3 amide bonds. The number of aromatic nitrogens is 4. The molecule has 13 nitrogen and oxygen atoms in total. The molecule has 7 rings (SSSR count). The second-order valence-electron chi connectivity index (χ2n) is 13.2. The van der Waals surface area contributed by atoms with Gasteiger partial charge in [0.05, 0.1) is 16.3 Å². The van der Waals surface area contributed by atoms with E-state index in [9.17, 15) is 24.3 Å². The molecule has 0 radical (unpaired) electrons. The Hall–Kier alpha value is -6.41. The molecule has 3 heterocycles. The lowest BCUT2D eigenvalue weighted by atomic mass is 9.80. The number of nitrogens with one attached hydrogen (secondary N) is 1. The first-order valence-corrected chi connectivity index (χ1v) is 18.0. The number of aromatic carboxylic acids is 1. The molecule has 4 aromatic carbocycles. The van der Waals surface area contributed by atoms with Crippen LogP contribution in [0.15, 0.2) is 97.3 Å². The molecular formula is C40H35ClFN7O6. The molecule has 0 aliphatic carbocycles. The van der Waals surface area contributed by atoms with E-state index in [4.69, 9.17) is 16.3 Å². The molecule has 1 atom stereocenters. The maximum absolute atomic E-state index is 15.3. The lowest BCUT2D eigenvalue weighted by Crippen LogP contribution is -2.45. The van der Waals surface area contributed by atoms with Gasteiger partial charge >= 0.3 is 12.1 Å². The third-order valence-electron chi connectivity index (χ3n) is 9.88. The molecular weight excluding hydrogens is 729 g/mol. The van der Waals surface area contributed by atoms with Crippen LogP contribution in [0.4, 0.5) is 14.9 Å². The van der Waals surface area contributed by atoms with Crippen LogP contribution in [0, 0.1) is 5.82 Å². The summed E-state index contributed by atoms with van der Waals surface area (Å²) in [5, 5.41) is 23.1. The monoisotopic (exact) mass is 763 g/mol. The van der Waals surface area contributed by atoms with E-state index in [0.717, 1.165) is 16.7 Å². The van der Waals surface area contributed by atoms with E-state index in [2.05, 4.69) is 20.8 Å². The second kappa shape index (κ2) is 16.3. The van der Waals surface area contributed by atoms with Gasteiger partial charge in [-0.2, -0.15) is 4.68 Å². The van der Waals surface area contributed by atoms with Gasteiger partial charge in [0, 0.05) is 37.0 Å². The highest BCUT2D eigenvalue weighted by molar-refractivity contribution is 6.31. The Morgan fingerprint density at radius 1 is 0.927 bits per heavy atom. The largest absolute Gasteiger partial charge is 0.478 e. The number of amides is 3. The number of rotatable bonds is 9. The molecule has 2 aliphatic heterocycles. The Labute approximate surface area is 320 Å². The molecule has 55 heavy (non-hydrogen) atoms. The Balaban J connectivity index is 1.14. The topological polar surface area (TPSA) is 160 Å². The van der Waals surface area contributed by atoms with Gasteiger partial charge in [-0.05, 0) is 100 Å². The number of carboxylic acid groups (broad SMARTS) is 1. The van der Waals surface area contributed by atoms with Crippen molar-refractivity contribution in [1.29, 1.82) is 0 Å². The molecule has 1 aromatic heterocycles. The zero-order chi connectivity index (χ0) is 38.5. The fraction of sp³-hybridized carbons (Fsp3) is 0.225. The molecule has 15 heteroatoms.